The van der Waals surface area contributed by atoms with Gasteiger partial charge in [0.2, 0.25) is 0 Å². The first-order valence-electron chi connectivity index (χ1n) is 6.15. The van der Waals surface area contributed by atoms with Crippen LogP contribution >= 0.6 is 0 Å². The summed E-state index contributed by atoms with van der Waals surface area (Å²) in [4.78, 5) is 6.51. The smallest absolute Gasteiger partial charge is 0.335 e. The standard InChI is InChI=1S/C12H24N4O/c1-9(2)11-13-12(14-16(11)10(3)4)17-8-7-15(5)6/h9-10H,7-8H2,1-6H3. The zero-order valence-corrected chi connectivity index (χ0v) is 11.8. The predicted molar refractivity (Wildman–Crippen MR) is 68.5 cm³/mol. The second-order valence-electron chi connectivity index (χ2n) is 5.10. The molecule has 5 heteroatoms. The molecule has 5 nitrogen and oxygen atoms in total. The number of likely N-dealkylation sites (N-methyl/N-ethyl adjacent to an activating group) is 1. The summed E-state index contributed by atoms with van der Waals surface area (Å²) in [5.41, 5.74) is 0. The fraction of sp³-hybridized carbons (Fsp3) is 0.833. The maximum absolute atomic E-state index is 5.55. The molecule has 0 atom stereocenters. The van der Waals surface area contributed by atoms with E-state index in [1.165, 1.54) is 0 Å². The molecular formula is C12H24N4O. The first-order chi connectivity index (χ1) is 7.91. The van der Waals surface area contributed by atoms with Gasteiger partial charge in [-0.05, 0) is 27.9 Å². The quantitative estimate of drug-likeness (QED) is 0.762. The van der Waals surface area contributed by atoms with Crippen LogP contribution in [0.25, 0.3) is 0 Å². The molecule has 0 aliphatic heterocycles. The fourth-order valence-corrected chi connectivity index (χ4v) is 1.47. The van der Waals surface area contributed by atoms with Gasteiger partial charge in [-0.2, -0.15) is 4.98 Å². The van der Waals surface area contributed by atoms with Crippen LogP contribution in [0.3, 0.4) is 0 Å². The Labute approximate surface area is 104 Å². The van der Waals surface area contributed by atoms with Crippen molar-refractivity contribution in [3.05, 3.63) is 5.82 Å². The third kappa shape index (κ3) is 4.00. The lowest BCUT2D eigenvalue weighted by molar-refractivity contribution is 0.244. The van der Waals surface area contributed by atoms with E-state index in [1.807, 2.05) is 18.8 Å². The SMILES string of the molecule is CC(C)c1nc(OCCN(C)C)nn1C(C)C. The van der Waals surface area contributed by atoms with Crippen molar-refractivity contribution < 1.29 is 4.74 Å². The zero-order valence-electron chi connectivity index (χ0n) is 11.8. The highest BCUT2D eigenvalue weighted by molar-refractivity contribution is 5.02. The Balaban J connectivity index is 2.71. The molecule has 0 amide bonds. The van der Waals surface area contributed by atoms with E-state index >= 15 is 0 Å². The van der Waals surface area contributed by atoms with E-state index < -0.39 is 0 Å². The molecular weight excluding hydrogens is 216 g/mol. The molecule has 0 aliphatic rings. The Hall–Kier alpha value is -1.10. The summed E-state index contributed by atoms with van der Waals surface area (Å²) >= 11 is 0. The molecule has 1 heterocycles. The Morgan fingerprint density at radius 2 is 1.88 bits per heavy atom. The van der Waals surface area contributed by atoms with Crippen molar-refractivity contribution in [3.63, 3.8) is 0 Å². The number of hydrogen-bond acceptors (Lipinski definition) is 4. The van der Waals surface area contributed by atoms with Crippen LogP contribution < -0.4 is 4.74 Å². The number of rotatable bonds is 6. The highest BCUT2D eigenvalue weighted by Gasteiger charge is 2.15. The van der Waals surface area contributed by atoms with Crippen molar-refractivity contribution in [2.45, 2.75) is 39.7 Å². The van der Waals surface area contributed by atoms with E-state index in [0.717, 1.165) is 12.4 Å². The van der Waals surface area contributed by atoms with Crippen LogP contribution in [-0.4, -0.2) is 46.9 Å². The highest BCUT2D eigenvalue weighted by atomic mass is 16.5. The molecule has 0 saturated carbocycles. The van der Waals surface area contributed by atoms with E-state index in [9.17, 15) is 0 Å². The van der Waals surface area contributed by atoms with E-state index in [1.54, 1.807) is 0 Å². The Morgan fingerprint density at radius 3 is 2.29 bits per heavy atom. The molecule has 0 aliphatic carbocycles. The predicted octanol–water partition coefficient (Wildman–Crippen LogP) is 1.92. The van der Waals surface area contributed by atoms with Crippen molar-refractivity contribution >= 4 is 0 Å². The van der Waals surface area contributed by atoms with Crippen LogP contribution in [0, 0.1) is 0 Å². The van der Waals surface area contributed by atoms with Gasteiger partial charge in [0.1, 0.15) is 12.4 Å². The number of aromatic nitrogens is 3. The zero-order chi connectivity index (χ0) is 13.0. The fourth-order valence-electron chi connectivity index (χ4n) is 1.47. The molecule has 1 aromatic heterocycles. The van der Waals surface area contributed by atoms with Crippen molar-refractivity contribution in [3.8, 4) is 6.01 Å². The molecule has 0 spiro atoms. The van der Waals surface area contributed by atoms with Crippen LogP contribution in [0.2, 0.25) is 0 Å². The second kappa shape index (κ2) is 6.00. The average Bonchev–Trinajstić information content (AvgIpc) is 2.61. The largest absolute Gasteiger partial charge is 0.461 e. The van der Waals surface area contributed by atoms with E-state index in [4.69, 9.17) is 4.74 Å². The lowest BCUT2D eigenvalue weighted by Gasteiger charge is -2.10. The number of nitrogens with zero attached hydrogens (tertiary/aromatic N) is 4. The van der Waals surface area contributed by atoms with Crippen LogP contribution in [0.15, 0.2) is 0 Å². The van der Waals surface area contributed by atoms with Crippen molar-refractivity contribution in [1.29, 1.82) is 0 Å². The normalized spacial score (nSPS) is 11.8. The molecule has 1 rings (SSSR count). The summed E-state index contributed by atoms with van der Waals surface area (Å²) in [6, 6.07) is 0.801. The van der Waals surface area contributed by atoms with Crippen LogP contribution in [-0.2, 0) is 0 Å². The molecule has 98 valence electrons. The molecule has 0 fully saturated rings. The molecule has 0 saturated heterocycles. The molecule has 17 heavy (non-hydrogen) atoms. The van der Waals surface area contributed by atoms with E-state index in [-0.39, 0.29) is 0 Å². The van der Waals surface area contributed by atoms with Gasteiger partial charge in [0.05, 0.1) is 0 Å². The third-order valence-corrected chi connectivity index (χ3v) is 2.41. The van der Waals surface area contributed by atoms with Gasteiger partial charge in [-0.15, -0.1) is 5.10 Å². The lowest BCUT2D eigenvalue weighted by Crippen LogP contribution is -2.19. The van der Waals surface area contributed by atoms with Gasteiger partial charge in [0.25, 0.3) is 0 Å². The highest BCUT2D eigenvalue weighted by Crippen LogP contribution is 2.19. The van der Waals surface area contributed by atoms with Gasteiger partial charge >= 0.3 is 6.01 Å². The number of ether oxygens (including phenoxy) is 1. The summed E-state index contributed by atoms with van der Waals surface area (Å²) < 4.78 is 7.49. The monoisotopic (exact) mass is 240 g/mol. The Bertz CT molecular complexity index is 319. The van der Waals surface area contributed by atoms with Crippen molar-refractivity contribution in [2.75, 3.05) is 27.2 Å². The topological polar surface area (TPSA) is 43.2 Å². The average molecular weight is 240 g/mol. The van der Waals surface area contributed by atoms with Crippen LogP contribution in [0.5, 0.6) is 6.01 Å². The maximum Gasteiger partial charge on any atom is 0.335 e. The van der Waals surface area contributed by atoms with E-state index in [0.29, 0.717) is 24.6 Å². The molecule has 0 radical (unpaired) electrons. The first-order valence-corrected chi connectivity index (χ1v) is 6.15. The van der Waals surface area contributed by atoms with Gasteiger partial charge < -0.3 is 9.64 Å². The second-order valence-corrected chi connectivity index (χ2v) is 5.10. The van der Waals surface area contributed by atoms with Crippen molar-refractivity contribution in [1.82, 2.24) is 19.7 Å². The summed E-state index contributed by atoms with van der Waals surface area (Å²) in [6.07, 6.45) is 0. The van der Waals surface area contributed by atoms with Crippen LogP contribution in [0.1, 0.15) is 45.5 Å². The van der Waals surface area contributed by atoms with Crippen LogP contribution in [0.4, 0.5) is 0 Å². The lowest BCUT2D eigenvalue weighted by atomic mass is 10.2. The molecule has 0 N–H and O–H groups in total. The number of hydrogen-bond donors (Lipinski definition) is 0. The van der Waals surface area contributed by atoms with Gasteiger partial charge in [0.15, 0.2) is 0 Å². The minimum Gasteiger partial charge on any atom is -0.461 e. The van der Waals surface area contributed by atoms with Gasteiger partial charge in [-0.25, -0.2) is 4.68 Å². The molecule has 0 bridgehead atoms. The van der Waals surface area contributed by atoms with Gasteiger partial charge in [-0.1, -0.05) is 13.8 Å². The maximum atomic E-state index is 5.55. The van der Waals surface area contributed by atoms with E-state index in [2.05, 4.69) is 42.7 Å². The first kappa shape index (κ1) is 14.0. The Kier molecular flexibility index (Phi) is 4.93. The van der Waals surface area contributed by atoms with Gasteiger partial charge in [0, 0.05) is 18.5 Å². The van der Waals surface area contributed by atoms with Crippen molar-refractivity contribution in [2.24, 2.45) is 0 Å². The minimum absolute atomic E-state index is 0.311. The molecule has 1 aromatic rings. The summed E-state index contributed by atoms with van der Waals surface area (Å²) in [5, 5.41) is 4.39. The third-order valence-electron chi connectivity index (χ3n) is 2.41. The molecule has 0 unspecified atom stereocenters. The summed E-state index contributed by atoms with van der Waals surface area (Å²) in [7, 11) is 4.03. The summed E-state index contributed by atoms with van der Waals surface area (Å²) in [6.45, 7) is 9.92. The molecule has 0 aromatic carbocycles. The minimum atomic E-state index is 0.311. The summed E-state index contributed by atoms with van der Waals surface area (Å²) in [5.74, 6) is 1.34. The van der Waals surface area contributed by atoms with Gasteiger partial charge in [-0.3, -0.25) is 0 Å². The Morgan fingerprint density at radius 1 is 1.24 bits per heavy atom.